The fourth-order valence-corrected chi connectivity index (χ4v) is 2.98. The summed E-state index contributed by atoms with van der Waals surface area (Å²) < 4.78 is 28.9. The van der Waals surface area contributed by atoms with Crippen LogP contribution in [0.3, 0.4) is 0 Å². The third-order valence-electron chi connectivity index (χ3n) is 2.64. The molecule has 90 valence electrons. The van der Waals surface area contributed by atoms with Gasteiger partial charge in [-0.1, -0.05) is 6.58 Å². The molecule has 0 aliphatic carbocycles. The van der Waals surface area contributed by atoms with Gasteiger partial charge in [0, 0.05) is 22.0 Å². The molecule has 0 spiro atoms. The molecule has 0 bridgehead atoms. The summed E-state index contributed by atoms with van der Waals surface area (Å²) >= 11 is 0. The molecule has 0 saturated heterocycles. The third-order valence-corrected chi connectivity index (χ3v) is 4.17. The average Bonchev–Trinajstić information content (AvgIpc) is 2.64. The normalized spacial score (nSPS) is 11.6. The molecule has 0 aliphatic heterocycles. The number of aryl methyl sites for hydroxylation is 1. The first-order valence-electron chi connectivity index (χ1n) is 5.03. The number of sulfone groups is 1. The molecule has 1 N–H and O–H groups in total. The first-order chi connectivity index (χ1) is 7.99. The van der Waals surface area contributed by atoms with Crippen molar-refractivity contribution in [2.75, 3.05) is 7.11 Å². The molecule has 1 aromatic carbocycles. The molecule has 0 atom stereocenters. The number of ether oxygens (including phenoxy) is 1. The van der Waals surface area contributed by atoms with Gasteiger partial charge in [0.25, 0.3) is 0 Å². The molecule has 1 aromatic heterocycles. The van der Waals surface area contributed by atoms with Gasteiger partial charge in [0.1, 0.15) is 5.75 Å². The van der Waals surface area contributed by atoms with Crippen molar-refractivity contribution in [1.29, 1.82) is 0 Å². The predicted octanol–water partition coefficient (Wildman–Crippen LogP) is 2.40. The molecular weight excluding hydrogens is 238 g/mol. The fourth-order valence-electron chi connectivity index (χ4n) is 1.86. The lowest BCUT2D eigenvalue weighted by Crippen LogP contribution is -1.96. The minimum atomic E-state index is -3.46. The zero-order valence-corrected chi connectivity index (χ0v) is 10.5. The molecule has 17 heavy (non-hydrogen) atoms. The summed E-state index contributed by atoms with van der Waals surface area (Å²) in [5.74, 6) is 0.622. The number of rotatable bonds is 3. The second kappa shape index (κ2) is 3.92. The van der Waals surface area contributed by atoms with Gasteiger partial charge in [-0.25, -0.2) is 8.42 Å². The highest BCUT2D eigenvalue weighted by molar-refractivity contribution is 7.94. The van der Waals surface area contributed by atoms with Crippen molar-refractivity contribution in [2.24, 2.45) is 0 Å². The molecule has 1 heterocycles. The second-order valence-corrected chi connectivity index (χ2v) is 5.53. The Bertz CT molecular complexity index is 683. The highest BCUT2D eigenvalue weighted by Gasteiger charge is 2.19. The van der Waals surface area contributed by atoms with E-state index < -0.39 is 9.84 Å². The van der Waals surface area contributed by atoms with Crippen molar-refractivity contribution in [2.45, 2.75) is 11.8 Å². The van der Waals surface area contributed by atoms with E-state index in [1.807, 2.05) is 0 Å². The van der Waals surface area contributed by atoms with Crippen molar-refractivity contribution in [3.8, 4) is 5.75 Å². The van der Waals surface area contributed by atoms with Crippen molar-refractivity contribution < 1.29 is 13.2 Å². The van der Waals surface area contributed by atoms with Crippen molar-refractivity contribution in [3.05, 3.63) is 35.9 Å². The first kappa shape index (κ1) is 11.7. The lowest BCUT2D eigenvalue weighted by molar-refractivity contribution is 0.415. The SMILES string of the molecule is C=CS(=O)(=O)c1c(C)[nH]c2ccc(OC)cc12. The Kier molecular flexibility index (Phi) is 2.71. The third kappa shape index (κ3) is 1.82. The van der Waals surface area contributed by atoms with E-state index in [4.69, 9.17) is 4.74 Å². The van der Waals surface area contributed by atoms with Crippen LogP contribution in [-0.2, 0) is 9.84 Å². The molecule has 2 aromatic rings. The highest BCUT2D eigenvalue weighted by Crippen LogP contribution is 2.30. The van der Waals surface area contributed by atoms with Gasteiger partial charge < -0.3 is 9.72 Å². The summed E-state index contributed by atoms with van der Waals surface area (Å²) in [7, 11) is -1.92. The van der Waals surface area contributed by atoms with Crippen LogP contribution in [0, 0.1) is 6.92 Å². The summed E-state index contributed by atoms with van der Waals surface area (Å²) in [6, 6.07) is 5.28. The van der Waals surface area contributed by atoms with Gasteiger partial charge in [-0.3, -0.25) is 0 Å². The van der Waals surface area contributed by atoms with E-state index in [0.29, 0.717) is 16.8 Å². The Morgan fingerprint density at radius 2 is 2.12 bits per heavy atom. The van der Waals surface area contributed by atoms with E-state index in [9.17, 15) is 8.42 Å². The van der Waals surface area contributed by atoms with Crippen LogP contribution < -0.4 is 4.74 Å². The van der Waals surface area contributed by atoms with Crippen LogP contribution in [0.15, 0.2) is 35.1 Å². The molecule has 0 fully saturated rings. The minimum absolute atomic E-state index is 0.265. The summed E-state index contributed by atoms with van der Waals surface area (Å²) in [6.45, 7) is 5.07. The number of nitrogens with one attached hydrogen (secondary N) is 1. The molecule has 4 nitrogen and oxygen atoms in total. The summed E-state index contributed by atoms with van der Waals surface area (Å²) in [4.78, 5) is 3.30. The lowest BCUT2D eigenvalue weighted by Gasteiger charge is -2.01. The predicted molar refractivity (Wildman–Crippen MR) is 67.0 cm³/mol. The van der Waals surface area contributed by atoms with Crippen LogP contribution in [0.2, 0.25) is 0 Å². The van der Waals surface area contributed by atoms with Crippen LogP contribution in [0.25, 0.3) is 10.9 Å². The molecule has 2 rings (SSSR count). The molecular formula is C12H13NO3S. The zero-order valence-electron chi connectivity index (χ0n) is 9.65. The number of aromatic amines is 1. The van der Waals surface area contributed by atoms with E-state index in [0.717, 1.165) is 10.9 Å². The Hall–Kier alpha value is -1.75. The maximum atomic E-state index is 11.9. The Morgan fingerprint density at radius 1 is 1.41 bits per heavy atom. The van der Waals surface area contributed by atoms with Crippen LogP contribution in [0.4, 0.5) is 0 Å². The quantitative estimate of drug-likeness (QED) is 0.911. The number of fused-ring (bicyclic) bond motifs is 1. The minimum Gasteiger partial charge on any atom is -0.497 e. The largest absolute Gasteiger partial charge is 0.497 e. The molecule has 0 radical (unpaired) electrons. The monoisotopic (exact) mass is 251 g/mol. The Labute approximate surface area is 99.8 Å². The van der Waals surface area contributed by atoms with Crippen molar-refractivity contribution in [3.63, 3.8) is 0 Å². The van der Waals surface area contributed by atoms with Crippen LogP contribution in [-0.4, -0.2) is 20.5 Å². The van der Waals surface area contributed by atoms with E-state index in [-0.39, 0.29) is 4.90 Å². The highest BCUT2D eigenvalue weighted by atomic mass is 32.2. The molecule has 0 amide bonds. The Balaban J connectivity index is 2.87. The van der Waals surface area contributed by atoms with Gasteiger partial charge in [-0.15, -0.1) is 0 Å². The van der Waals surface area contributed by atoms with Crippen molar-refractivity contribution in [1.82, 2.24) is 4.98 Å². The number of hydrogen-bond donors (Lipinski definition) is 1. The van der Waals surface area contributed by atoms with Crippen LogP contribution in [0.1, 0.15) is 5.69 Å². The van der Waals surface area contributed by atoms with Gasteiger partial charge in [0.05, 0.1) is 12.0 Å². The molecule has 0 saturated carbocycles. The number of hydrogen-bond acceptors (Lipinski definition) is 3. The van der Waals surface area contributed by atoms with Gasteiger partial charge in [0.15, 0.2) is 0 Å². The lowest BCUT2D eigenvalue weighted by atomic mass is 10.2. The maximum Gasteiger partial charge on any atom is 0.201 e. The Morgan fingerprint density at radius 3 is 2.71 bits per heavy atom. The number of H-pyrrole nitrogens is 1. The van der Waals surface area contributed by atoms with E-state index in [1.54, 1.807) is 32.2 Å². The average molecular weight is 251 g/mol. The zero-order chi connectivity index (χ0) is 12.6. The van der Waals surface area contributed by atoms with E-state index in [2.05, 4.69) is 11.6 Å². The fraction of sp³-hybridized carbons (Fsp3) is 0.167. The second-order valence-electron chi connectivity index (χ2n) is 3.70. The number of methoxy groups -OCH3 is 1. The van der Waals surface area contributed by atoms with Crippen molar-refractivity contribution >= 4 is 20.7 Å². The van der Waals surface area contributed by atoms with Gasteiger partial charge in [-0.2, -0.15) is 0 Å². The summed E-state index contributed by atoms with van der Waals surface area (Å²) in [5.41, 5.74) is 1.37. The topological polar surface area (TPSA) is 59.2 Å². The number of aromatic nitrogens is 1. The van der Waals surface area contributed by atoms with Crippen LogP contribution >= 0.6 is 0 Å². The smallest absolute Gasteiger partial charge is 0.201 e. The van der Waals surface area contributed by atoms with E-state index in [1.165, 1.54) is 0 Å². The maximum absolute atomic E-state index is 11.9. The number of benzene rings is 1. The standard InChI is InChI=1S/C12H13NO3S/c1-4-17(14,15)12-8(2)13-11-6-5-9(16-3)7-10(11)12/h4-7,13H,1H2,2-3H3. The summed E-state index contributed by atoms with van der Waals surface area (Å²) in [6.07, 6.45) is 0. The molecule has 0 aliphatic rings. The van der Waals surface area contributed by atoms with Crippen LogP contribution in [0.5, 0.6) is 5.75 Å². The molecule has 0 unspecified atom stereocenters. The summed E-state index contributed by atoms with van der Waals surface area (Å²) in [5, 5.41) is 1.59. The van der Waals surface area contributed by atoms with Gasteiger partial charge in [0.2, 0.25) is 9.84 Å². The van der Waals surface area contributed by atoms with E-state index >= 15 is 0 Å². The molecule has 5 heteroatoms. The van der Waals surface area contributed by atoms with Gasteiger partial charge in [-0.05, 0) is 25.1 Å². The van der Waals surface area contributed by atoms with Gasteiger partial charge >= 0.3 is 0 Å². The first-order valence-corrected chi connectivity index (χ1v) is 6.58.